The summed E-state index contributed by atoms with van der Waals surface area (Å²) in [5, 5.41) is 13.2. The van der Waals surface area contributed by atoms with Crippen molar-refractivity contribution in [3.63, 3.8) is 0 Å². The van der Waals surface area contributed by atoms with E-state index in [9.17, 15) is 4.79 Å². The predicted molar refractivity (Wildman–Crippen MR) is 109 cm³/mol. The summed E-state index contributed by atoms with van der Waals surface area (Å²) in [4.78, 5) is 23.2. The first-order valence-electron chi connectivity index (χ1n) is 9.70. The minimum absolute atomic E-state index is 0.132. The van der Waals surface area contributed by atoms with Gasteiger partial charge >= 0.3 is 0 Å². The van der Waals surface area contributed by atoms with Gasteiger partial charge in [-0.2, -0.15) is 5.10 Å². The monoisotopic (exact) mass is 400 g/mol. The van der Waals surface area contributed by atoms with E-state index in [0.717, 1.165) is 28.3 Å². The highest BCUT2D eigenvalue weighted by Crippen LogP contribution is 2.30. The topological polar surface area (TPSA) is 94.6 Å². The number of nitrogens with zero attached hydrogens (tertiary/aromatic N) is 8. The van der Waals surface area contributed by atoms with Gasteiger partial charge in [-0.05, 0) is 19.1 Å². The van der Waals surface area contributed by atoms with E-state index >= 15 is 0 Å². The third kappa shape index (κ3) is 3.04. The maximum Gasteiger partial charge on any atom is 0.274 e. The van der Waals surface area contributed by atoms with Crippen molar-refractivity contribution in [3.8, 4) is 17.2 Å². The molecule has 1 aliphatic rings. The van der Waals surface area contributed by atoms with Crippen LogP contribution < -0.4 is 0 Å². The summed E-state index contributed by atoms with van der Waals surface area (Å²) < 4.78 is 3.79. The lowest BCUT2D eigenvalue weighted by Gasteiger charge is -2.27. The summed E-state index contributed by atoms with van der Waals surface area (Å²) in [6.45, 7) is 2.89. The van der Waals surface area contributed by atoms with Crippen molar-refractivity contribution in [2.75, 3.05) is 6.54 Å². The first kappa shape index (κ1) is 18.2. The van der Waals surface area contributed by atoms with E-state index in [2.05, 4.69) is 20.2 Å². The molecule has 30 heavy (non-hydrogen) atoms. The SMILES string of the molecule is Cc1cnc(C(=O)N2CCc3c(c(-c4nncn4-c4ccccc4)nn3C)C2)cn1. The normalized spacial score (nSPS) is 13.3. The van der Waals surface area contributed by atoms with Crippen LogP contribution in [0, 0.1) is 6.92 Å². The van der Waals surface area contributed by atoms with Gasteiger partial charge < -0.3 is 4.90 Å². The molecule has 0 N–H and O–H groups in total. The molecule has 1 aliphatic heterocycles. The molecule has 9 nitrogen and oxygen atoms in total. The van der Waals surface area contributed by atoms with E-state index in [1.807, 2.05) is 53.6 Å². The molecule has 0 fully saturated rings. The van der Waals surface area contributed by atoms with Crippen LogP contribution >= 0.6 is 0 Å². The number of hydrogen-bond acceptors (Lipinski definition) is 6. The molecule has 0 bridgehead atoms. The van der Waals surface area contributed by atoms with Crippen molar-refractivity contribution in [1.29, 1.82) is 0 Å². The Bertz CT molecular complexity index is 1210. The van der Waals surface area contributed by atoms with Crippen molar-refractivity contribution in [2.24, 2.45) is 7.05 Å². The van der Waals surface area contributed by atoms with Crippen molar-refractivity contribution < 1.29 is 4.79 Å². The molecule has 5 rings (SSSR count). The highest BCUT2D eigenvalue weighted by Gasteiger charge is 2.30. The number of carbonyl (C=O) groups excluding carboxylic acids is 1. The number of carbonyl (C=O) groups is 1. The Morgan fingerprint density at radius 2 is 1.93 bits per heavy atom. The van der Waals surface area contributed by atoms with Crippen LogP contribution in [0.5, 0.6) is 0 Å². The van der Waals surface area contributed by atoms with Gasteiger partial charge in [-0.25, -0.2) is 4.98 Å². The quantitative estimate of drug-likeness (QED) is 0.522. The van der Waals surface area contributed by atoms with E-state index in [4.69, 9.17) is 5.10 Å². The number of hydrogen-bond donors (Lipinski definition) is 0. The third-order valence-electron chi connectivity index (χ3n) is 5.32. The summed E-state index contributed by atoms with van der Waals surface area (Å²) in [6.07, 6.45) is 5.53. The van der Waals surface area contributed by atoms with Gasteiger partial charge in [-0.15, -0.1) is 10.2 Å². The van der Waals surface area contributed by atoms with Crippen LogP contribution in [-0.2, 0) is 20.0 Å². The molecule has 1 amide bonds. The summed E-state index contributed by atoms with van der Waals surface area (Å²) in [6, 6.07) is 9.89. The fraction of sp³-hybridized carbons (Fsp3) is 0.238. The van der Waals surface area contributed by atoms with E-state index in [-0.39, 0.29) is 5.91 Å². The Kier molecular flexibility index (Phi) is 4.35. The average Bonchev–Trinajstić information content (AvgIpc) is 3.39. The maximum absolute atomic E-state index is 13.0. The standard InChI is InChI=1S/C21H20N8O/c1-14-10-23-17(11-22-14)21(30)28-9-8-18-16(12-28)19(26-27(18)2)20-25-24-13-29(20)15-6-4-3-5-7-15/h3-7,10-11,13H,8-9,12H2,1-2H3. The van der Waals surface area contributed by atoms with Gasteiger partial charge in [-0.1, -0.05) is 18.2 Å². The van der Waals surface area contributed by atoms with Crippen molar-refractivity contribution in [1.82, 2.24) is 39.4 Å². The maximum atomic E-state index is 13.0. The number of benzene rings is 1. The zero-order valence-electron chi connectivity index (χ0n) is 16.7. The van der Waals surface area contributed by atoms with E-state index in [1.54, 1.807) is 17.4 Å². The molecule has 0 aliphatic carbocycles. The van der Waals surface area contributed by atoms with Gasteiger partial charge in [0.05, 0.1) is 18.4 Å². The fourth-order valence-electron chi connectivity index (χ4n) is 3.78. The van der Waals surface area contributed by atoms with Gasteiger partial charge in [0.1, 0.15) is 17.7 Å². The molecule has 3 aromatic heterocycles. The smallest absolute Gasteiger partial charge is 0.274 e. The Hall–Kier alpha value is -3.88. The predicted octanol–water partition coefficient (Wildman–Crippen LogP) is 1.96. The zero-order chi connectivity index (χ0) is 20.7. The molecule has 0 saturated heterocycles. The van der Waals surface area contributed by atoms with Gasteiger partial charge in [-0.3, -0.25) is 19.0 Å². The minimum atomic E-state index is -0.132. The van der Waals surface area contributed by atoms with Crippen LogP contribution in [-0.4, -0.2) is 51.9 Å². The second-order valence-corrected chi connectivity index (χ2v) is 7.28. The van der Waals surface area contributed by atoms with Crippen LogP contribution in [0.2, 0.25) is 0 Å². The van der Waals surface area contributed by atoms with Crippen LogP contribution in [0.4, 0.5) is 0 Å². The Morgan fingerprint density at radius 1 is 1.10 bits per heavy atom. The summed E-state index contributed by atoms with van der Waals surface area (Å²) in [5.74, 6) is 0.523. The second kappa shape index (κ2) is 7.18. The van der Waals surface area contributed by atoms with E-state index in [1.165, 1.54) is 6.20 Å². The van der Waals surface area contributed by atoms with Gasteiger partial charge in [0.2, 0.25) is 0 Å². The minimum Gasteiger partial charge on any atom is -0.332 e. The summed E-state index contributed by atoms with van der Waals surface area (Å²) in [5.41, 5.74) is 4.91. The first-order valence-corrected chi connectivity index (χ1v) is 9.70. The van der Waals surface area contributed by atoms with Crippen LogP contribution in [0.1, 0.15) is 27.4 Å². The van der Waals surface area contributed by atoms with Gasteiger partial charge in [0, 0.05) is 43.2 Å². The van der Waals surface area contributed by atoms with Crippen LogP contribution in [0.25, 0.3) is 17.2 Å². The second-order valence-electron chi connectivity index (χ2n) is 7.28. The molecule has 0 unspecified atom stereocenters. The first-order chi connectivity index (χ1) is 14.6. The molecule has 0 atom stereocenters. The number of aryl methyl sites for hydroxylation is 2. The van der Waals surface area contributed by atoms with Crippen LogP contribution in [0.15, 0.2) is 49.1 Å². The number of aromatic nitrogens is 7. The van der Waals surface area contributed by atoms with Crippen molar-refractivity contribution >= 4 is 5.91 Å². The summed E-state index contributed by atoms with van der Waals surface area (Å²) in [7, 11) is 1.93. The molecule has 9 heteroatoms. The fourth-order valence-corrected chi connectivity index (χ4v) is 3.78. The van der Waals surface area contributed by atoms with Gasteiger partial charge in [0.15, 0.2) is 5.82 Å². The zero-order valence-corrected chi connectivity index (χ0v) is 16.7. The lowest BCUT2D eigenvalue weighted by atomic mass is 10.0. The average molecular weight is 400 g/mol. The molecule has 0 spiro atoms. The molecule has 4 heterocycles. The Labute approximate surface area is 173 Å². The molecular weight excluding hydrogens is 380 g/mol. The number of fused-ring (bicyclic) bond motifs is 1. The number of amides is 1. The molecule has 1 aromatic carbocycles. The molecule has 150 valence electrons. The number of rotatable bonds is 3. The largest absolute Gasteiger partial charge is 0.332 e. The molecule has 4 aromatic rings. The van der Waals surface area contributed by atoms with Crippen molar-refractivity contribution in [2.45, 2.75) is 19.9 Å². The highest BCUT2D eigenvalue weighted by atomic mass is 16.2. The lowest BCUT2D eigenvalue weighted by Crippen LogP contribution is -2.36. The molecule has 0 radical (unpaired) electrons. The van der Waals surface area contributed by atoms with E-state index < -0.39 is 0 Å². The summed E-state index contributed by atoms with van der Waals surface area (Å²) >= 11 is 0. The van der Waals surface area contributed by atoms with Gasteiger partial charge in [0.25, 0.3) is 5.91 Å². The molecule has 0 saturated carbocycles. The number of para-hydroxylation sites is 1. The molecular formula is C21H20N8O. The van der Waals surface area contributed by atoms with E-state index in [0.29, 0.717) is 31.0 Å². The van der Waals surface area contributed by atoms with Crippen LogP contribution in [0.3, 0.4) is 0 Å². The highest BCUT2D eigenvalue weighted by molar-refractivity contribution is 5.92. The van der Waals surface area contributed by atoms with Crippen molar-refractivity contribution in [3.05, 3.63) is 71.7 Å². The Balaban J connectivity index is 1.51. The third-order valence-corrected chi connectivity index (χ3v) is 5.32. The lowest BCUT2D eigenvalue weighted by molar-refractivity contribution is 0.0727. The Morgan fingerprint density at radius 3 is 2.70 bits per heavy atom.